The van der Waals surface area contributed by atoms with E-state index in [9.17, 15) is 9.59 Å². The highest BCUT2D eigenvalue weighted by Gasteiger charge is 2.12. The smallest absolute Gasteiger partial charge is 0.343 e. The van der Waals surface area contributed by atoms with E-state index < -0.39 is 11.9 Å². The van der Waals surface area contributed by atoms with Crippen LogP contribution in [0.3, 0.4) is 0 Å². The van der Waals surface area contributed by atoms with Crippen LogP contribution in [0.25, 0.3) is 0 Å². The van der Waals surface area contributed by atoms with Gasteiger partial charge in [-0.25, -0.2) is 9.59 Å². The van der Waals surface area contributed by atoms with Crippen LogP contribution >= 0.6 is 0 Å². The van der Waals surface area contributed by atoms with Crippen molar-refractivity contribution < 1.29 is 23.8 Å². The van der Waals surface area contributed by atoms with Crippen molar-refractivity contribution in [1.29, 1.82) is 0 Å². The molecule has 0 aliphatic heterocycles. The van der Waals surface area contributed by atoms with Crippen LogP contribution in [0.4, 0.5) is 0 Å². The summed E-state index contributed by atoms with van der Waals surface area (Å²) in [6, 6.07) is 13.2. The van der Waals surface area contributed by atoms with E-state index in [4.69, 9.17) is 14.2 Å². The molecule has 0 atom stereocenters. The molecule has 0 bridgehead atoms. The molecule has 0 amide bonds. The van der Waals surface area contributed by atoms with Crippen molar-refractivity contribution in [2.45, 2.75) is 39.5 Å². The SMILES string of the molecule is CCCCCCOc1ccc(C(=O)Oc2cccc(C(=O)OCC)c2)cc1. The summed E-state index contributed by atoms with van der Waals surface area (Å²) in [4.78, 5) is 24.0. The molecule has 2 aromatic carbocycles. The first-order valence-electron chi connectivity index (χ1n) is 9.36. The number of carbonyl (C=O) groups is 2. The number of ether oxygens (including phenoxy) is 3. The number of rotatable bonds is 10. The van der Waals surface area contributed by atoms with Gasteiger partial charge in [0.1, 0.15) is 11.5 Å². The van der Waals surface area contributed by atoms with Crippen molar-refractivity contribution in [2.75, 3.05) is 13.2 Å². The van der Waals surface area contributed by atoms with E-state index in [1.165, 1.54) is 18.9 Å². The van der Waals surface area contributed by atoms with Gasteiger partial charge in [-0.15, -0.1) is 0 Å². The summed E-state index contributed by atoms with van der Waals surface area (Å²) in [5.74, 6) is 0.0792. The number of carbonyl (C=O) groups excluding carboxylic acids is 2. The fourth-order valence-corrected chi connectivity index (χ4v) is 2.47. The Labute approximate surface area is 160 Å². The molecule has 27 heavy (non-hydrogen) atoms. The lowest BCUT2D eigenvalue weighted by Gasteiger charge is -2.08. The topological polar surface area (TPSA) is 61.8 Å². The van der Waals surface area contributed by atoms with Crippen LogP contribution < -0.4 is 9.47 Å². The van der Waals surface area contributed by atoms with E-state index in [0.717, 1.165) is 18.6 Å². The average molecular weight is 370 g/mol. The molecule has 0 radical (unpaired) electrons. The van der Waals surface area contributed by atoms with Crippen LogP contribution in [0.15, 0.2) is 48.5 Å². The fourth-order valence-electron chi connectivity index (χ4n) is 2.47. The first kappa shape index (κ1) is 20.5. The maximum atomic E-state index is 12.3. The Hall–Kier alpha value is -2.82. The molecule has 5 nitrogen and oxygen atoms in total. The summed E-state index contributed by atoms with van der Waals surface area (Å²) < 4.78 is 16.0. The Morgan fingerprint density at radius 2 is 1.59 bits per heavy atom. The maximum Gasteiger partial charge on any atom is 0.343 e. The van der Waals surface area contributed by atoms with Crippen LogP contribution in [0.5, 0.6) is 11.5 Å². The summed E-state index contributed by atoms with van der Waals surface area (Å²) in [6.45, 7) is 4.87. The Morgan fingerprint density at radius 3 is 2.30 bits per heavy atom. The van der Waals surface area contributed by atoms with Crippen molar-refractivity contribution in [2.24, 2.45) is 0 Å². The van der Waals surface area contributed by atoms with Crippen molar-refractivity contribution in [3.8, 4) is 11.5 Å². The number of esters is 2. The van der Waals surface area contributed by atoms with Crippen LogP contribution in [0.2, 0.25) is 0 Å². The van der Waals surface area contributed by atoms with Gasteiger partial charge in [0.2, 0.25) is 0 Å². The van der Waals surface area contributed by atoms with Gasteiger partial charge < -0.3 is 14.2 Å². The van der Waals surface area contributed by atoms with Gasteiger partial charge in [0.25, 0.3) is 0 Å². The minimum Gasteiger partial charge on any atom is -0.494 e. The lowest BCUT2D eigenvalue weighted by molar-refractivity contribution is 0.0524. The van der Waals surface area contributed by atoms with Gasteiger partial charge in [-0.05, 0) is 55.8 Å². The van der Waals surface area contributed by atoms with E-state index >= 15 is 0 Å². The molecular formula is C22H26O5. The second kappa shape index (κ2) is 11.0. The predicted molar refractivity (Wildman–Crippen MR) is 103 cm³/mol. The third-order valence-corrected chi connectivity index (χ3v) is 3.91. The van der Waals surface area contributed by atoms with Gasteiger partial charge in [-0.1, -0.05) is 32.3 Å². The van der Waals surface area contributed by atoms with Gasteiger partial charge in [0, 0.05) is 0 Å². The van der Waals surface area contributed by atoms with E-state index in [1.807, 2.05) is 0 Å². The van der Waals surface area contributed by atoms with Crippen LogP contribution in [-0.2, 0) is 4.74 Å². The van der Waals surface area contributed by atoms with E-state index in [2.05, 4.69) is 6.92 Å². The normalized spacial score (nSPS) is 10.3. The molecule has 0 aromatic heterocycles. The third kappa shape index (κ3) is 6.77. The Balaban J connectivity index is 1.90. The maximum absolute atomic E-state index is 12.3. The molecule has 0 N–H and O–H groups in total. The van der Waals surface area contributed by atoms with Crippen LogP contribution in [-0.4, -0.2) is 25.2 Å². The number of hydrogen-bond acceptors (Lipinski definition) is 5. The van der Waals surface area contributed by atoms with Gasteiger partial charge in [0.05, 0.1) is 24.3 Å². The first-order chi connectivity index (χ1) is 13.1. The number of unbranched alkanes of at least 4 members (excludes halogenated alkanes) is 3. The zero-order chi connectivity index (χ0) is 19.5. The summed E-state index contributed by atoms with van der Waals surface area (Å²) >= 11 is 0. The van der Waals surface area contributed by atoms with Crippen molar-refractivity contribution in [3.63, 3.8) is 0 Å². The van der Waals surface area contributed by atoms with Gasteiger partial charge in [0.15, 0.2) is 0 Å². The molecule has 0 saturated carbocycles. The Kier molecular flexibility index (Phi) is 8.36. The molecule has 0 spiro atoms. The lowest BCUT2D eigenvalue weighted by Crippen LogP contribution is -2.10. The molecule has 0 unspecified atom stereocenters. The van der Waals surface area contributed by atoms with Crippen molar-refractivity contribution in [3.05, 3.63) is 59.7 Å². The zero-order valence-electron chi connectivity index (χ0n) is 15.9. The van der Waals surface area contributed by atoms with E-state index in [0.29, 0.717) is 23.5 Å². The zero-order valence-corrected chi connectivity index (χ0v) is 15.9. The predicted octanol–water partition coefficient (Wildman–Crippen LogP) is 5.04. The molecule has 5 heteroatoms. The molecule has 0 fully saturated rings. The van der Waals surface area contributed by atoms with E-state index in [1.54, 1.807) is 49.4 Å². The van der Waals surface area contributed by atoms with Gasteiger partial charge in [-0.2, -0.15) is 0 Å². The molecule has 0 aliphatic carbocycles. The van der Waals surface area contributed by atoms with Crippen LogP contribution in [0, 0.1) is 0 Å². The second-order valence-electron chi connectivity index (χ2n) is 6.07. The monoisotopic (exact) mass is 370 g/mol. The summed E-state index contributed by atoms with van der Waals surface area (Å²) in [5, 5.41) is 0. The van der Waals surface area contributed by atoms with Gasteiger partial charge in [-0.3, -0.25) is 0 Å². The fraction of sp³-hybridized carbons (Fsp3) is 0.364. The largest absolute Gasteiger partial charge is 0.494 e. The lowest BCUT2D eigenvalue weighted by atomic mass is 10.2. The summed E-state index contributed by atoms with van der Waals surface area (Å²) in [6.07, 6.45) is 4.59. The molecule has 0 aliphatic rings. The van der Waals surface area contributed by atoms with Crippen molar-refractivity contribution in [1.82, 2.24) is 0 Å². The first-order valence-corrected chi connectivity index (χ1v) is 9.36. The standard InChI is InChI=1S/C22H26O5/c1-3-5-6-7-15-26-19-13-11-17(12-14-19)22(24)27-20-10-8-9-18(16-20)21(23)25-4-2/h8-14,16H,3-7,15H2,1-2H3. The minimum atomic E-state index is -0.495. The molecule has 0 saturated heterocycles. The van der Waals surface area contributed by atoms with Crippen molar-refractivity contribution >= 4 is 11.9 Å². The molecular weight excluding hydrogens is 344 g/mol. The minimum absolute atomic E-state index is 0.288. The summed E-state index contributed by atoms with van der Waals surface area (Å²) in [5.41, 5.74) is 0.754. The van der Waals surface area contributed by atoms with E-state index in [-0.39, 0.29) is 6.61 Å². The number of benzene rings is 2. The molecule has 144 valence electrons. The molecule has 0 heterocycles. The highest BCUT2D eigenvalue weighted by Crippen LogP contribution is 2.18. The molecule has 2 rings (SSSR count). The highest BCUT2D eigenvalue weighted by molar-refractivity contribution is 5.92. The Morgan fingerprint density at radius 1 is 0.815 bits per heavy atom. The Bertz CT molecular complexity index is 737. The second-order valence-corrected chi connectivity index (χ2v) is 6.07. The van der Waals surface area contributed by atoms with Gasteiger partial charge >= 0.3 is 11.9 Å². The van der Waals surface area contributed by atoms with Crippen LogP contribution in [0.1, 0.15) is 60.2 Å². The third-order valence-electron chi connectivity index (χ3n) is 3.91. The molecule has 2 aromatic rings. The highest BCUT2D eigenvalue weighted by atomic mass is 16.5. The quantitative estimate of drug-likeness (QED) is 0.333. The average Bonchev–Trinajstić information content (AvgIpc) is 2.68. The summed E-state index contributed by atoms with van der Waals surface area (Å²) in [7, 11) is 0. The number of hydrogen-bond donors (Lipinski definition) is 0.